The van der Waals surface area contributed by atoms with E-state index < -0.39 is 0 Å². The zero-order valence-electron chi connectivity index (χ0n) is 15.8. The van der Waals surface area contributed by atoms with Crippen LogP contribution >= 0.6 is 11.8 Å². The average molecular weight is 361 g/mol. The Morgan fingerprint density at radius 1 is 1.24 bits per heavy atom. The summed E-state index contributed by atoms with van der Waals surface area (Å²) in [4.78, 5) is 12.0. The molecule has 1 aromatic carbocycles. The number of amides is 1. The molecule has 6 heteroatoms. The summed E-state index contributed by atoms with van der Waals surface area (Å²) in [7, 11) is 0. The van der Waals surface area contributed by atoms with E-state index in [1.54, 1.807) is 0 Å². The topological polar surface area (TPSA) is 59.8 Å². The highest BCUT2D eigenvalue weighted by Gasteiger charge is 2.16. The third-order valence-electron chi connectivity index (χ3n) is 3.95. The maximum absolute atomic E-state index is 12.0. The Kier molecular flexibility index (Phi) is 6.64. The molecule has 1 heterocycles. The number of rotatable bonds is 7. The van der Waals surface area contributed by atoms with Crippen LogP contribution in [-0.2, 0) is 11.3 Å². The van der Waals surface area contributed by atoms with Gasteiger partial charge in [0.25, 0.3) is 0 Å². The Balaban J connectivity index is 1.99. The average Bonchev–Trinajstić information content (AvgIpc) is 2.95. The largest absolute Gasteiger partial charge is 0.355 e. The van der Waals surface area contributed by atoms with Gasteiger partial charge in [0.2, 0.25) is 5.91 Å². The van der Waals surface area contributed by atoms with E-state index in [0.717, 1.165) is 29.5 Å². The lowest BCUT2D eigenvalue weighted by atomic mass is 9.92. The first-order valence-electron chi connectivity index (χ1n) is 8.70. The lowest BCUT2D eigenvalue weighted by molar-refractivity contribution is -0.118. The number of nitrogens with one attached hydrogen (secondary N) is 1. The van der Waals surface area contributed by atoms with Crippen LogP contribution in [0.4, 0.5) is 0 Å². The molecular weight excluding hydrogens is 332 g/mol. The lowest BCUT2D eigenvalue weighted by Crippen LogP contribution is -2.28. The molecule has 0 spiro atoms. The van der Waals surface area contributed by atoms with E-state index in [-0.39, 0.29) is 11.3 Å². The number of benzene rings is 1. The number of carbonyl (C=O) groups excluding carboxylic acids is 1. The Hall–Kier alpha value is -1.82. The lowest BCUT2D eigenvalue weighted by Gasteiger charge is -2.17. The minimum Gasteiger partial charge on any atom is -0.355 e. The van der Waals surface area contributed by atoms with Gasteiger partial charge in [-0.25, -0.2) is 0 Å². The van der Waals surface area contributed by atoms with E-state index in [1.807, 2.05) is 12.1 Å². The predicted octanol–water partition coefficient (Wildman–Crippen LogP) is 3.92. The standard InChI is InChI=1S/C19H28N4OS/c1-6-23-17(15-10-8-7-9-14(15)2)21-22-18(23)25-13-16(24)20-12-11-19(3,4)5/h7-10H,6,11-13H2,1-5H3,(H,20,24). The Labute approximate surface area is 154 Å². The van der Waals surface area contributed by atoms with Crippen LogP contribution in [0.25, 0.3) is 11.4 Å². The third kappa shape index (κ3) is 5.59. The molecule has 0 aliphatic heterocycles. The molecule has 0 saturated carbocycles. The zero-order valence-corrected chi connectivity index (χ0v) is 16.6. The van der Waals surface area contributed by atoms with Crippen molar-refractivity contribution in [2.24, 2.45) is 5.41 Å². The number of hydrogen-bond acceptors (Lipinski definition) is 4. The minimum atomic E-state index is 0.0392. The van der Waals surface area contributed by atoms with Crippen molar-refractivity contribution in [2.45, 2.75) is 52.7 Å². The van der Waals surface area contributed by atoms with Crippen LogP contribution in [0, 0.1) is 12.3 Å². The molecule has 2 aromatic rings. The van der Waals surface area contributed by atoms with Crippen molar-refractivity contribution >= 4 is 17.7 Å². The van der Waals surface area contributed by atoms with E-state index in [0.29, 0.717) is 12.3 Å². The molecule has 2 rings (SSSR count). The third-order valence-corrected chi connectivity index (χ3v) is 4.92. The number of aryl methyl sites for hydroxylation is 1. The van der Waals surface area contributed by atoms with Crippen molar-refractivity contribution in [1.82, 2.24) is 20.1 Å². The van der Waals surface area contributed by atoms with Gasteiger partial charge in [-0.3, -0.25) is 4.79 Å². The zero-order chi connectivity index (χ0) is 18.4. The molecule has 0 aliphatic carbocycles. The molecule has 0 aliphatic rings. The quantitative estimate of drug-likeness (QED) is 0.760. The highest BCUT2D eigenvalue weighted by atomic mass is 32.2. The summed E-state index contributed by atoms with van der Waals surface area (Å²) in [6.07, 6.45) is 0.964. The van der Waals surface area contributed by atoms with Gasteiger partial charge in [0.15, 0.2) is 11.0 Å². The molecule has 5 nitrogen and oxygen atoms in total. The van der Waals surface area contributed by atoms with Crippen LogP contribution in [0.5, 0.6) is 0 Å². The molecule has 25 heavy (non-hydrogen) atoms. The van der Waals surface area contributed by atoms with Crippen LogP contribution in [0.15, 0.2) is 29.4 Å². The van der Waals surface area contributed by atoms with Gasteiger partial charge < -0.3 is 9.88 Å². The van der Waals surface area contributed by atoms with Gasteiger partial charge in [-0.1, -0.05) is 56.8 Å². The summed E-state index contributed by atoms with van der Waals surface area (Å²) >= 11 is 1.44. The van der Waals surface area contributed by atoms with Crippen molar-refractivity contribution in [1.29, 1.82) is 0 Å². The normalized spacial score (nSPS) is 11.6. The van der Waals surface area contributed by atoms with E-state index in [4.69, 9.17) is 0 Å². The van der Waals surface area contributed by atoms with E-state index in [9.17, 15) is 4.79 Å². The smallest absolute Gasteiger partial charge is 0.230 e. The van der Waals surface area contributed by atoms with Gasteiger partial charge in [-0.15, -0.1) is 10.2 Å². The molecule has 1 N–H and O–H groups in total. The SMILES string of the molecule is CCn1c(SCC(=O)NCCC(C)(C)C)nnc1-c1ccccc1C. The molecule has 0 saturated heterocycles. The summed E-state index contributed by atoms with van der Waals surface area (Å²) in [5.41, 5.74) is 2.48. The van der Waals surface area contributed by atoms with Crippen LogP contribution in [-0.4, -0.2) is 33.0 Å². The fraction of sp³-hybridized carbons (Fsp3) is 0.526. The van der Waals surface area contributed by atoms with Crippen molar-refractivity contribution in [3.8, 4) is 11.4 Å². The van der Waals surface area contributed by atoms with E-state index in [1.165, 1.54) is 17.3 Å². The summed E-state index contributed by atoms with van der Waals surface area (Å²) in [6.45, 7) is 12.1. The fourth-order valence-corrected chi connectivity index (χ4v) is 3.29. The van der Waals surface area contributed by atoms with Gasteiger partial charge in [0, 0.05) is 18.7 Å². The molecule has 1 amide bonds. The summed E-state index contributed by atoms with van der Waals surface area (Å²) in [5, 5.41) is 12.4. The summed E-state index contributed by atoms with van der Waals surface area (Å²) in [6, 6.07) is 8.15. The van der Waals surface area contributed by atoms with Crippen molar-refractivity contribution in [2.75, 3.05) is 12.3 Å². The number of nitrogens with zero attached hydrogens (tertiary/aromatic N) is 3. The van der Waals surface area contributed by atoms with E-state index >= 15 is 0 Å². The van der Waals surface area contributed by atoms with Crippen LogP contribution < -0.4 is 5.32 Å². The van der Waals surface area contributed by atoms with Gasteiger partial charge >= 0.3 is 0 Å². The van der Waals surface area contributed by atoms with Gasteiger partial charge in [-0.05, 0) is 31.2 Å². The van der Waals surface area contributed by atoms with Crippen LogP contribution in [0.2, 0.25) is 0 Å². The molecule has 0 bridgehead atoms. The molecule has 0 radical (unpaired) electrons. The number of hydrogen-bond donors (Lipinski definition) is 1. The molecule has 0 unspecified atom stereocenters. The van der Waals surface area contributed by atoms with Crippen molar-refractivity contribution in [3.05, 3.63) is 29.8 Å². The van der Waals surface area contributed by atoms with Gasteiger partial charge in [0.05, 0.1) is 5.75 Å². The minimum absolute atomic E-state index is 0.0392. The first kappa shape index (κ1) is 19.5. The highest BCUT2D eigenvalue weighted by Crippen LogP contribution is 2.26. The van der Waals surface area contributed by atoms with Crippen molar-refractivity contribution < 1.29 is 4.79 Å². The first-order chi connectivity index (χ1) is 11.8. The first-order valence-corrected chi connectivity index (χ1v) is 9.69. The Bertz CT molecular complexity index is 718. The second kappa shape index (κ2) is 8.52. The summed E-state index contributed by atoms with van der Waals surface area (Å²) in [5.74, 6) is 1.25. The molecular formula is C19H28N4OS. The van der Waals surface area contributed by atoms with Gasteiger partial charge in [-0.2, -0.15) is 0 Å². The van der Waals surface area contributed by atoms with Gasteiger partial charge in [0.1, 0.15) is 0 Å². The highest BCUT2D eigenvalue weighted by molar-refractivity contribution is 7.99. The molecule has 1 aromatic heterocycles. The van der Waals surface area contributed by atoms with Crippen LogP contribution in [0.1, 0.15) is 39.7 Å². The molecule has 0 fully saturated rings. The Morgan fingerprint density at radius 3 is 2.60 bits per heavy atom. The fourth-order valence-electron chi connectivity index (χ4n) is 2.46. The summed E-state index contributed by atoms with van der Waals surface area (Å²) < 4.78 is 2.06. The second-order valence-electron chi connectivity index (χ2n) is 7.31. The maximum Gasteiger partial charge on any atom is 0.230 e. The predicted molar refractivity (Wildman–Crippen MR) is 104 cm³/mol. The monoisotopic (exact) mass is 360 g/mol. The number of carbonyl (C=O) groups is 1. The molecule has 0 atom stereocenters. The maximum atomic E-state index is 12.0. The number of thioether (sulfide) groups is 1. The number of aromatic nitrogens is 3. The molecule has 136 valence electrons. The van der Waals surface area contributed by atoms with E-state index in [2.05, 4.69) is 66.8 Å². The van der Waals surface area contributed by atoms with Crippen molar-refractivity contribution in [3.63, 3.8) is 0 Å². The second-order valence-corrected chi connectivity index (χ2v) is 8.26. The Morgan fingerprint density at radius 2 is 1.96 bits per heavy atom. The van der Waals surface area contributed by atoms with Crippen LogP contribution in [0.3, 0.4) is 0 Å².